The molecule has 0 spiro atoms. The summed E-state index contributed by atoms with van der Waals surface area (Å²) < 4.78 is 6.13. The highest BCUT2D eigenvalue weighted by Gasteiger charge is 2.24. The van der Waals surface area contributed by atoms with E-state index in [-0.39, 0.29) is 18.1 Å². The first-order valence-corrected chi connectivity index (χ1v) is 10.1. The van der Waals surface area contributed by atoms with E-state index in [2.05, 4.69) is 27.3 Å². The van der Waals surface area contributed by atoms with Gasteiger partial charge in [-0.25, -0.2) is 4.98 Å². The SMILES string of the molecule is CSc1ccc(N2CCC(Oc3ccc([C@H](C)NC(C)=O)cc3)C2)cn1. The van der Waals surface area contributed by atoms with Crippen LogP contribution in [-0.4, -0.2) is 36.3 Å². The molecule has 26 heavy (non-hydrogen) atoms. The highest BCUT2D eigenvalue weighted by molar-refractivity contribution is 7.98. The van der Waals surface area contributed by atoms with E-state index in [1.54, 1.807) is 11.8 Å². The number of anilines is 1. The van der Waals surface area contributed by atoms with E-state index in [0.29, 0.717) is 0 Å². The van der Waals surface area contributed by atoms with Crippen molar-refractivity contribution in [2.75, 3.05) is 24.2 Å². The minimum absolute atomic E-state index is 0.000257. The molecule has 0 bridgehead atoms. The Morgan fingerprint density at radius 3 is 2.69 bits per heavy atom. The number of ether oxygens (including phenoxy) is 1. The third-order valence-electron chi connectivity index (χ3n) is 4.54. The number of thioether (sulfide) groups is 1. The molecule has 1 unspecified atom stereocenters. The summed E-state index contributed by atoms with van der Waals surface area (Å²) in [6.07, 6.45) is 5.14. The van der Waals surface area contributed by atoms with Gasteiger partial charge < -0.3 is 15.0 Å². The molecular weight excluding hydrogens is 346 g/mol. The predicted octanol–water partition coefficient (Wildman–Crippen LogP) is 3.66. The van der Waals surface area contributed by atoms with Gasteiger partial charge in [-0.3, -0.25) is 4.79 Å². The second-order valence-corrected chi connectivity index (χ2v) is 7.35. The zero-order valence-corrected chi connectivity index (χ0v) is 16.3. The van der Waals surface area contributed by atoms with Gasteiger partial charge in [-0.1, -0.05) is 12.1 Å². The fourth-order valence-electron chi connectivity index (χ4n) is 3.15. The van der Waals surface area contributed by atoms with Crippen molar-refractivity contribution in [3.8, 4) is 5.75 Å². The Labute approximate surface area is 159 Å². The predicted molar refractivity (Wildman–Crippen MR) is 106 cm³/mol. The molecule has 1 aromatic heterocycles. The number of pyridine rings is 1. The molecule has 0 radical (unpaired) electrons. The maximum Gasteiger partial charge on any atom is 0.217 e. The smallest absolute Gasteiger partial charge is 0.217 e. The number of amides is 1. The van der Waals surface area contributed by atoms with Crippen LogP contribution in [0.3, 0.4) is 0 Å². The van der Waals surface area contributed by atoms with Gasteiger partial charge in [0.15, 0.2) is 0 Å². The summed E-state index contributed by atoms with van der Waals surface area (Å²) >= 11 is 1.65. The van der Waals surface area contributed by atoms with Crippen LogP contribution >= 0.6 is 11.8 Å². The molecule has 1 fully saturated rings. The largest absolute Gasteiger partial charge is 0.489 e. The Morgan fingerprint density at radius 2 is 2.08 bits per heavy atom. The van der Waals surface area contributed by atoms with Gasteiger partial charge in [-0.2, -0.15) is 0 Å². The molecule has 2 atom stereocenters. The van der Waals surface area contributed by atoms with Gasteiger partial charge in [0.1, 0.15) is 11.9 Å². The third kappa shape index (κ3) is 4.69. The maximum absolute atomic E-state index is 11.2. The molecular formula is C20H25N3O2S. The minimum atomic E-state index is -0.0241. The molecule has 3 rings (SSSR count). The van der Waals surface area contributed by atoms with Crippen molar-refractivity contribution in [2.45, 2.75) is 37.4 Å². The number of carbonyl (C=O) groups is 1. The summed E-state index contributed by atoms with van der Waals surface area (Å²) in [6, 6.07) is 12.2. The number of rotatable bonds is 6. The summed E-state index contributed by atoms with van der Waals surface area (Å²) in [7, 11) is 0. The average molecular weight is 372 g/mol. The second-order valence-electron chi connectivity index (χ2n) is 6.52. The summed E-state index contributed by atoms with van der Waals surface area (Å²) in [5, 5.41) is 3.93. The van der Waals surface area contributed by atoms with Gasteiger partial charge in [-0.15, -0.1) is 11.8 Å². The first kappa shape index (κ1) is 18.6. The lowest BCUT2D eigenvalue weighted by Gasteiger charge is -2.19. The average Bonchev–Trinajstić information content (AvgIpc) is 3.10. The summed E-state index contributed by atoms with van der Waals surface area (Å²) in [6.45, 7) is 5.35. The van der Waals surface area contributed by atoms with Crippen molar-refractivity contribution in [2.24, 2.45) is 0 Å². The summed E-state index contributed by atoms with van der Waals surface area (Å²) in [5.74, 6) is 0.843. The number of hydrogen-bond acceptors (Lipinski definition) is 5. The van der Waals surface area contributed by atoms with Crippen molar-refractivity contribution in [1.29, 1.82) is 0 Å². The van der Waals surface area contributed by atoms with E-state index in [1.165, 1.54) is 6.92 Å². The molecule has 1 N–H and O–H groups in total. The zero-order chi connectivity index (χ0) is 18.5. The molecule has 2 aromatic rings. The topological polar surface area (TPSA) is 54.5 Å². The third-order valence-corrected chi connectivity index (χ3v) is 5.20. The van der Waals surface area contributed by atoms with Gasteiger partial charge in [0.05, 0.1) is 29.5 Å². The quantitative estimate of drug-likeness (QED) is 0.786. The zero-order valence-electron chi connectivity index (χ0n) is 15.4. The van der Waals surface area contributed by atoms with Crippen LogP contribution in [0.15, 0.2) is 47.6 Å². The maximum atomic E-state index is 11.2. The van der Waals surface area contributed by atoms with Gasteiger partial charge in [0, 0.05) is 19.9 Å². The number of nitrogens with one attached hydrogen (secondary N) is 1. The molecule has 1 amide bonds. The van der Waals surface area contributed by atoms with E-state index < -0.39 is 0 Å². The summed E-state index contributed by atoms with van der Waals surface area (Å²) in [4.78, 5) is 17.9. The Balaban J connectivity index is 1.55. The number of nitrogens with zero attached hydrogens (tertiary/aromatic N) is 2. The van der Waals surface area contributed by atoms with Crippen molar-refractivity contribution < 1.29 is 9.53 Å². The lowest BCUT2D eigenvalue weighted by molar-refractivity contribution is -0.119. The number of hydrogen-bond donors (Lipinski definition) is 1. The molecule has 1 aromatic carbocycles. The second kappa shape index (κ2) is 8.45. The van der Waals surface area contributed by atoms with Gasteiger partial charge in [-0.05, 0) is 43.0 Å². The van der Waals surface area contributed by atoms with Gasteiger partial charge >= 0.3 is 0 Å². The fourth-order valence-corrected chi connectivity index (χ4v) is 3.52. The van der Waals surface area contributed by atoms with Crippen LogP contribution < -0.4 is 15.0 Å². The van der Waals surface area contributed by atoms with Crippen LogP contribution in [0.2, 0.25) is 0 Å². The van der Waals surface area contributed by atoms with Crippen LogP contribution in [0.25, 0.3) is 0 Å². The Kier molecular flexibility index (Phi) is 6.04. The van der Waals surface area contributed by atoms with Gasteiger partial charge in [0.25, 0.3) is 0 Å². The van der Waals surface area contributed by atoms with Crippen molar-refractivity contribution in [1.82, 2.24) is 10.3 Å². The molecule has 1 aliphatic rings. The number of carbonyl (C=O) groups excluding carboxylic acids is 1. The van der Waals surface area contributed by atoms with Crippen LogP contribution in [-0.2, 0) is 4.79 Å². The van der Waals surface area contributed by atoms with Crippen LogP contribution in [0.4, 0.5) is 5.69 Å². The standard InChI is InChI=1S/C20H25N3O2S/c1-14(22-15(2)24)16-4-7-18(8-5-16)25-19-10-11-23(13-19)17-6-9-20(26-3)21-12-17/h4-9,12,14,19H,10-11,13H2,1-3H3,(H,22,24)/t14-,19?/m0/s1. The van der Waals surface area contributed by atoms with Crippen molar-refractivity contribution in [3.05, 3.63) is 48.2 Å². The van der Waals surface area contributed by atoms with E-state index in [9.17, 15) is 4.79 Å². The monoisotopic (exact) mass is 371 g/mol. The van der Waals surface area contributed by atoms with Crippen LogP contribution in [0.5, 0.6) is 5.75 Å². The Morgan fingerprint density at radius 1 is 1.31 bits per heavy atom. The van der Waals surface area contributed by atoms with Crippen LogP contribution in [0, 0.1) is 0 Å². The molecule has 1 aliphatic heterocycles. The molecule has 138 valence electrons. The first-order chi connectivity index (χ1) is 12.5. The first-order valence-electron chi connectivity index (χ1n) is 8.84. The Bertz CT molecular complexity index is 734. The van der Waals surface area contributed by atoms with E-state index in [1.807, 2.05) is 43.6 Å². The van der Waals surface area contributed by atoms with Crippen LogP contribution in [0.1, 0.15) is 31.9 Å². The van der Waals surface area contributed by atoms with E-state index >= 15 is 0 Å². The lowest BCUT2D eigenvalue weighted by Crippen LogP contribution is -2.25. The van der Waals surface area contributed by atoms with Crippen molar-refractivity contribution in [3.63, 3.8) is 0 Å². The van der Waals surface area contributed by atoms with E-state index in [0.717, 1.165) is 41.5 Å². The fraction of sp³-hybridized carbons (Fsp3) is 0.400. The Hall–Kier alpha value is -2.21. The van der Waals surface area contributed by atoms with Crippen molar-refractivity contribution >= 4 is 23.4 Å². The lowest BCUT2D eigenvalue weighted by atomic mass is 10.1. The summed E-state index contributed by atoms with van der Waals surface area (Å²) in [5.41, 5.74) is 2.22. The molecule has 5 nitrogen and oxygen atoms in total. The normalized spacial score (nSPS) is 17.8. The van der Waals surface area contributed by atoms with E-state index in [4.69, 9.17) is 4.74 Å². The molecule has 0 aliphatic carbocycles. The van der Waals surface area contributed by atoms with Gasteiger partial charge in [0.2, 0.25) is 5.91 Å². The molecule has 1 saturated heterocycles. The number of benzene rings is 1. The highest BCUT2D eigenvalue weighted by Crippen LogP contribution is 2.25. The molecule has 6 heteroatoms. The minimum Gasteiger partial charge on any atom is -0.489 e. The number of aromatic nitrogens is 1. The highest BCUT2D eigenvalue weighted by atomic mass is 32.2. The molecule has 2 heterocycles. The molecule has 0 saturated carbocycles.